The van der Waals surface area contributed by atoms with Gasteiger partial charge in [0.2, 0.25) is 0 Å². The summed E-state index contributed by atoms with van der Waals surface area (Å²) in [6.07, 6.45) is 0.562. The summed E-state index contributed by atoms with van der Waals surface area (Å²) in [5.41, 5.74) is 7.80. The van der Waals surface area contributed by atoms with Crippen LogP contribution < -0.4 is 5.73 Å². The highest BCUT2D eigenvalue weighted by Crippen LogP contribution is 2.24. The average Bonchev–Trinajstić information content (AvgIpc) is 2.56. The molecule has 1 aliphatic rings. The predicted molar refractivity (Wildman–Crippen MR) is 62.5 cm³/mol. The van der Waals surface area contributed by atoms with Crippen molar-refractivity contribution in [3.05, 3.63) is 29.3 Å². The van der Waals surface area contributed by atoms with Crippen molar-refractivity contribution in [2.75, 3.05) is 12.3 Å². The lowest BCUT2D eigenvalue weighted by Crippen LogP contribution is -2.25. The molecule has 90 valence electrons. The van der Waals surface area contributed by atoms with Crippen LogP contribution in [0.4, 0.5) is 5.69 Å². The molecule has 5 heteroatoms. The first kappa shape index (κ1) is 11.4. The minimum absolute atomic E-state index is 0.0577. The first-order valence-corrected chi connectivity index (χ1v) is 5.47. The zero-order valence-electron chi connectivity index (χ0n) is 9.35. The molecule has 3 N–H and O–H groups in total. The van der Waals surface area contributed by atoms with Gasteiger partial charge in [0.15, 0.2) is 0 Å². The molecule has 1 aromatic carbocycles. The van der Waals surface area contributed by atoms with Crippen molar-refractivity contribution in [3.8, 4) is 0 Å². The number of nitrogens with two attached hydrogens (primary N) is 1. The monoisotopic (exact) mass is 234 g/mol. The fourth-order valence-electron chi connectivity index (χ4n) is 1.98. The first-order valence-electron chi connectivity index (χ1n) is 5.47. The number of carboxylic acid groups (broad SMARTS) is 1. The van der Waals surface area contributed by atoms with Gasteiger partial charge in [0, 0.05) is 30.8 Å². The molecular weight excluding hydrogens is 220 g/mol. The number of carbonyl (C=O) groups is 2. The van der Waals surface area contributed by atoms with Gasteiger partial charge in [-0.25, -0.2) is 0 Å². The van der Waals surface area contributed by atoms with Crippen LogP contribution in [0.5, 0.6) is 0 Å². The molecule has 0 spiro atoms. The van der Waals surface area contributed by atoms with Crippen LogP contribution in [0.2, 0.25) is 0 Å². The highest BCUT2D eigenvalue weighted by atomic mass is 16.4. The molecular formula is C12H14N2O3. The number of aliphatic carboxylic acids is 1. The molecule has 0 bridgehead atoms. The molecule has 0 radical (unpaired) electrons. The van der Waals surface area contributed by atoms with Gasteiger partial charge in [-0.1, -0.05) is 6.07 Å². The second-order valence-corrected chi connectivity index (χ2v) is 4.14. The van der Waals surface area contributed by atoms with E-state index >= 15 is 0 Å². The van der Waals surface area contributed by atoms with Crippen LogP contribution in [0.1, 0.15) is 28.8 Å². The van der Waals surface area contributed by atoms with E-state index in [0.29, 0.717) is 30.8 Å². The molecule has 1 amide bonds. The van der Waals surface area contributed by atoms with Crippen LogP contribution in [-0.2, 0) is 11.3 Å². The van der Waals surface area contributed by atoms with E-state index in [1.807, 2.05) is 6.07 Å². The molecule has 2 rings (SSSR count). The average molecular weight is 234 g/mol. The molecule has 0 saturated carbocycles. The predicted octanol–water partition coefficient (Wildman–Crippen LogP) is 1.09. The summed E-state index contributed by atoms with van der Waals surface area (Å²) in [7, 11) is 0. The standard InChI is InChI=1S/C12H14N2O3/c13-9-4-3-8-7-14(5-1-2-11(15)16)12(17)10(8)6-9/h3-4,6H,1-2,5,7,13H2,(H,15,16). The SMILES string of the molecule is Nc1ccc2c(c1)C(=O)N(CCCC(=O)O)C2. The minimum atomic E-state index is -0.835. The lowest BCUT2D eigenvalue weighted by Gasteiger charge is -2.14. The van der Waals surface area contributed by atoms with Gasteiger partial charge in [0.25, 0.3) is 5.91 Å². The zero-order chi connectivity index (χ0) is 12.4. The van der Waals surface area contributed by atoms with E-state index in [-0.39, 0.29) is 12.3 Å². The van der Waals surface area contributed by atoms with Gasteiger partial charge in [-0.05, 0) is 24.1 Å². The molecule has 1 aliphatic heterocycles. The number of nitrogen functional groups attached to an aromatic ring is 1. The molecule has 1 heterocycles. The minimum Gasteiger partial charge on any atom is -0.481 e. The quantitative estimate of drug-likeness (QED) is 0.764. The van der Waals surface area contributed by atoms with E-state index in [4.69, 9.17) is 10.8 Å². The second-order valence-electron chi connectivity index (χ2n) is 4.14. The number of anilines is 1. The number of rotatable bonds is 4. The van der Waals surface area contributed by atoms with Gasteiger partial charge in [-0.3, -0.25) is 9.59 Å². The number of carboxylic acids is 1. The maximum Gasteiger partial charge on any atom is 0.303 e. The fourth-order valence-corrected chi connectivity index (χ4v) is 1.98. The lowest BCUT2D eigenvalue weighted by atomic mass is 10.1. The molecule has 0 aliphatic carbocycles. The summed E-state index contributed by atoms with van der Waals surface area (Å²) in [4.78, 5) is 24.0. The number of nitrogens with zero attached hydrogens (tertiary/aromatic N) is 1. The topological polar surface area (TPSA) is 83.6 Å². The van der Waals surface area contributed by atoms with Crippen molar-refractivity contribution in [2.45, 2.75) is 19.4 Å². The van der Waals surface area contributed by atoms with Crippen LogP contribution in [-0.4, -0.2) is 28.4 Å². The van der Waals surface area contributed by atoms with Crippen LogP contribution >= 0.6 is 0 Å². The van der Waals surface area contributed by atoms with E-state index in [0.717, 1.165) is 5.56 Å². The molecule has 0 fully saturated rings. The first-order chi connectivity index (χ1) is 8.08. The molecule has 5 nitrogen and oxygen atoms in total. The highest BCUT2D eigenvalue weighted by molar-refractivity contribution is 5.99. The fraction of sp³-hybridized carbons (Fsp3) is 0.333. The Morgan fingerprint density at radius 1 is 1.47 bits per heavy atom. The van der Waals surface area contributed by atoms with Crippen molar-refractivity contribution < 1.29 is 14.7 Å². The Labute approximate surface area is 98.8 Å². The van der Waals surface area contributed by atoms with E-state index in [2.05, 4.69) is 0 Å². The molecule has 0 aromatic heterocycles. The number of hydrogen-bond acceptors (Lipinski definition) is 3. The molecule has 0 atom stereocenters. The van der Waals surface area contributed by atoms with Gasteiger partial charge >= 0.3 is 5.97 Å². The summed E-state index contributed by atoms with van der Waals surface area (Å²) < 4.78 is 0. The number of fused-ring (bicyclic) bond motifs is 1. The van der Waals surface area contributed by atoms with Crippen LogP contribution in [0.25, 0.3) is 0 Å². The Morgan fingerprint density at radius 2 is 2.24 bits per heavy atom. The number of carbonyl (C=O) groups excluding carboxylic acids is 1. The van der Waals surface area contributed by atoms with E-state index < -0.39 is 5.97 Å². The molecule has 0 saturated heterocycles. The Hall–Kier alpha value is -2.04. The number of amides is 1. The van der Waals surface area contributed by atoms with Gasteiger partial charge in [0.1, 0.15) is 0 Å². The van der Waals surface area contributed by atoms with Gasteiger partial charge in [0.05, 0.1) is 0 Å². The van der Waals surface area contributed by atoms with Gasteiger partial charge < -0.3 is 15.7 Å². The summed E-state index contributed by atoms with van der Waals surface area (Å²) in [5, 5.41) is 8.54. The Kier molecular flexibility index (Phi) is 2.99. The van der Waals surface area contributed by atoms with Crippen molar-refractivity contribution >= 4 is 17.6 Å². The largest absolute Gasteiger partial charge is 0.481 e. The van der Waals surface area contributed by atoms with Gasteiger partial charge in [-0.15, -0.1) is 0 Å². The van der Waals surface area contributed by atoms with Crippen LogP contribution in [0.3, 0.4) is 0 Å². The third kappa shape index (κ3) is 2.38. The van der Waals surface area contributed by atoms with E-state index in [1.54, 1.807) is 17.0 Å². The van der Waals surface area contributed by atoms with Crippen LogP contribution in [0.15, 0.2) is 18.2 Å². The third-order valence-corrected chi connectivity index (χ3v) is 2.83. The Bertz CT molecular complexity index is 471. The summed E-state index contributed by atoms with van der Waals surface area (Å²) >= 11 is 0. The highest BCUT2D eigenvalue weighted by Gasteiger charge is 2.26. The third-order valence-electron chi connectivity index (χ3n) is 2.83. The van der Waals surface area contributed by atoms with Crippen molar-refractivity contribution in [3.63, 3.8) is 0 Å². The zero-order valence-corrected chi connectivity index (χ0v) is 9.35. The van der Waals surface area contributed by atoms with Crippen molar-refractivity contribution in [2.24, 2.45) is 0 Å². The van der Waals surface area contributed by atoms with Gasteiger partial charge in [-0.2, -0.15) is 0 Å². The maximum absolute atomic E-state index is 11.9. The summed E-state index contributed by atoms with van der Waals surface area (Å²) in [5.74, 6) is -0.893. The summed E-state index contributed by atoms with van der Waals surface area (Å²) in [6.45, 7) is 1.02. The number of benzene rings is 1. The molecule has 0 unspecified atom stereocenters. The Morgan fingerprint density at radius 3 is 2.94 bits per heavy atom. The van der Waals surface area contributed by atoms with E-state index in [1.165, 1.54) is 0 Å². The molecule has 1 aromatic rings. The molecule has 17 heavy (non-hydrogen) atoms. The lowest BCUT2D eigenvalue weighted by molar-refractivity contribution is -0.137. The maximum atomic E-state index is 11.9. The smallest absolute Gasteiger partial charge is 0.303 e. The van der Waals surface area contributed by atoms with Crippen LogP contribution in [0, 0.1) is 0 Å². The normalized spacial score (nSPS) is 13.9. The summed E-state index contributed by atoms with van der Waals surface area (Å²) in [6, 6.07) is 5.29. The second kappa shape index (κ2) is 4.45. The number of hydrogen-bond donors (Lipinski definition) is 2. The Balaban J connectivity index is 2.02. The van der Waals surface area contributed by atoms with E-state index in [9.17, 15) is 9.59 Å². The van der Waals surface area contributed by atoms with Crippen molar-refractivity contribution in [1.29, 1.82) is 0 Å². The van der Waals surface area contributed by atoms with Crippen molar-refractivity contribution in [1.82, 2.24) is 4.90 Å².